The largest absolute Gasteiger partial charge is 0.357 e. The molecular weight excluding hydrogens is 304 g/mol. The highest BCUT2D eigenvalue weighted by Gasteiger charge is 2.15. The first-order valence-electron chi connectivity index (χ1n) is 9.05. The smallest absolute Gasteiger partial charge is 0.191 e. The molecule has 2 rings (SSSR count). The minimum Gasteiger partial charge on any atom is -0.357 e. The Bertz CT molecular complexity index is 444. The van der Waals surface area contributed by atoms with Crippen LogP contribution in [-0.4, -0.2) is 43.6 Å². The maximum absolute atomic E-state index is 4.65. The van der Waals surface area contributed by atoms with E-state index in [1.165, 1.54) is 50.2 Å². The molecule has 130 valence electrons. The fourth-order valence-electron chi connectivity index (χ4n) is 3.06. The molecule has 4 nitrogen and oxygen atoms in total. The summed E-state index contributed by atoms with van der Waals surface area (Å²) in [5, 5.41) is 8.88. The van der Waals surface area contributed by atoms with Gasteiger partial charge in [-0.1, -0.05) is 13.0 Å². The number of hydrogen-bond acceptors (Lipinski definition) is 3. The average molecular weight is 337 g/mol. The van der Waals surface area contributed by atoms with Crippen molar-refractivity contribution < 1.29 is 0 Å². The summed E-state index contributed by atoms with van der Waals surface area (Å²) in [7, 11) is 0. The highest BCUT2D eigenvalue weighted by atomic mass is 32.1. The average Bonchev–Trinajstić information content (AvgIpc) is 3.05. The second-order valence-electron chi connectivity index (χ2n) is 6.46. The summed E-state index contributed by atoms with van der Waals surface area (Å²) < 4.78 is 0. The van der Waals surface area contributed by atoms with E-state index in [0.29, 0.717) is 0 Å². The summed E-state index contributed by atoms with van der Waals surface area (Å²) in [4.78, 5) is 8.58. The Hall–Kier alpha value is -1.07. The second-order valence-corrected chi connectivity index (χ2v) is 7.49. The van der Waals surface area contributed by atoms with Gasteiger partial charge >= 0.3 is 0 Å². The molecule has 1 unspecified atom stereocenters. The van der Waals surface area contributed by atoms with Crippen molar-refractivity contribution in [3.63, 3.8) is 0 Å². The molecule has 2 heterocycles. The first kappa shape index (κ1) is 18.3. The van der Waals surface area contributed by atoms with Crippen LogP contribution in [0.5, 0.6) is 0 Å². The van der Waals surface area contributed by atoms with Crippen LogP contribution in [0.3, 0.4) is 0 Å². The lowest BCUT2D eigenvalue weighted by molar-refractivity contribution is 0.181. The van der Waals surface area contributed by atoms with E-state index in [1.807, 2.05) is 0 Å². The van der Waals surface area contributed by atoms with E-state index >= 15 is 0 Å². The van der Waals surface area contributed by atoms with Crippen molar-refractivity contribution in [3.8, 4) is 0 Å². The maximum atomic E-state index is 4.65. The van der Waals surface area contributed by atoms with Crippen molar-refractivity contribution in [2.45, 2.75) is 46.1 Å². The molecule has 0 spiro atoms. The zero-order chi connectivity index (χ0) is 16.3. The van der Waals surface area contributed by atoms with Gasteiger partial charge in [0.05, 0.1) is 6.54 Å². The topological polar surface area (TPSA) is 39.7 Å². The first-order chi connectivity index (χ1) is 11.3. The Balaban J connectivity index is 1.61. The molecule has 1 saturated heterocycles. The monoisotopic (exact) mass is 336 g/mol. The standard InChI is InChI=1S/C18H32N4S/c1-3-19-18(21-14-17-9-7-13-23-17)20-10-4-5-11-22-12-6-8-16(2)15-22/h7,9,13,16H,3-6,8,10-12,14-15H2,1-2H3,(H2,19,20,21). The van der Waals surface area contributed by atoms with E-state index in [-0.39, 0.29) is 0 Å². The molecule has 0 amide bonds. The van der Waals surface area contributed by atoms with Gasteiger partial charge in [0.25, 0.3) is 0 Å². The zero-order valence-corrected chi connectivity index (χ0v) is 15.5. The molecule has 1 aromatic heterocycles. The Morgan fingerprint density at radius 1 is 1.39 bits per heavy atom. The molecule has 1 fully saturated rings. The molecule has 0 aromatic carbocycles. The molecule has 1 atom stereocenters. The Morgan fingerprint density at radius 2 is 2.30 bits per heavy atom. The molecule has 0 saturated carbocycles. The van der Waals surface area contributed by atoms with Crippen LogP contribution in [0.1, 0.15) is 44.4 Å². The van der Waals surface area contributed by atoms with E-state index in [0.717, 1.165) is 31.5 Å². The lowest BCUT2D eigenvalue weighted by Gasteiger charge is -2.30. The van der Waals surface area contributed by atoms with Gasteiger partial charge in [-0.05, 0) is 63.1 Å². The molecule has 23 heavy (non-hydrogen) atoms. The summed E-state index contributed by atoms with van der Waals surface area (Å²) in [5.41, 5.74) is 0. The van der Waals surface area contributed by atoms with Crippen LogP contribution >= 0.6 is 11.3 Å². The summed E-state index contributed by atoms with van der Waals surface area (Å²) in [6.07, 6.45) is 5.25. The number of aliphatic imine (C=N–C) groups is 1. The number of nitrogens with one attached hydrogen (secondary N) is 2. The fourth-order valence-corrected chi connectivity index (χ4v) is 3.69. The van der Waals surface area contributed by atoms with Crippen LogP contribution in [0.4, 0.5) is 0 Å². The lowest BCUT2D eigenvalue weighted by atomic mass is 10.0. The zero-order valence-electron chi connectivity index (χ0n) is 14.7. The van der Waals surface area contributed by atoms with Gasteiger partial charge in [-0.25, -0.2) is 4.99 Å². The van der Waals surface area contributed by atoms with Crippen molar-refractivity contribution in [3.05, 3.63) is 22.4 Å². The van der Waals surface area contributed by atoms with Crippen LogP contribution in [0, 0.1) is 5.92 Å². The molecule has 0 bridgehead atoms. The lowest BCUT2D eigenvalue weighted by Crippen LogP contribution is -2.38. The number of unbranched alkanes of at least 4 members (excludes halogenated alkanes) is 1. The van der Waals surface area contributed by atoms with E-state index < -0.39 is 0 Å². The van der Waals surface area contributed by atoms with Crippen LogP contribution in [-0.2, 0) is 6.54 Å². The van der Waals surface area contributed by atoms with Gasteiger partial charge in [-0.3, -0.25) is 0 Å². The number of rotatable bonds is 8. The van der Waals surface area contributed by atoms with E-state index in [1.54, 1.807) is 11.3 Å². The Morgan fingerprint density at radius 3 is 3.04 bits per heavy atom. The summed E-state index contributed by atoms with van der Waals surface area (Å²) in [6.45, 7) is 11.0. The van der Waals surface area contributed by atoms with E-state index in [2.05, 4.69) is 51.9 Å². The third kappa shape index (κ3) is 7.36. The number of piperidine rings is 1. The first-order valence-corrected chi connectivity index (χ1v) is 9.92. The van der Waals surface area contributed by atoms with E-state index in [9.17, 15) is 0 Å². The van der Waals surface area contributed by atoms with Crippen molar-refractivity contribution in [1.82, 2.24) is 15.5 Å². The van der Waals surface area contributed by atoms with Crippen LogP contribution < -0.4 is 10.6 Å². The third-order valence-corrected chi connectivity index (χ3v) is 5.11. The maximum Gasteiger partial charge on any atom is 0.191 e. The number of nitrogens with zero attached hydrogens (tertiary/aromatic N) is 2. The van der Waals surface area contributed by atoms with Crippen LogP contribution in [0.15, 0.2) is 22.5 Å². The SMILES string of the molecule is CCNC(=NCc1cccs1)NCCCCN1CCCC(C)C1. The normalized spacial score (nSPS) is 19.7. The molecule has 0 aliphatic carbocycles. The predicted octanol–water partition coefficient (Wildman–Crippen LogP) is 3.32. The van der Waals surface area contributed by atoms with Gasteiger partial charge in [0.1, 0.15) is 0 Å². The van der Waals surface area contributed by atoms with Gasteiger partial charge in [0.15, 0.2) is 5.96 Å². The van der Waals surface area contributed by atoms with Crippen molar-refractivity contribution in [2.75, 3.05) is 32.7 Å². The summed E-state index contributed by atoms with van der Waals surface area (Å²) in [5.74, 6) is 1.82. The molecule has 0 radical (unpaired) electrons. The van der Waals surface area contributed by atoms with E-state index in [4.69, 9.17) is 0 Å². The van der Waals surface area contributed by atoms with Crippen molar-refractivity contribution in [1.29, 1.82) is 0 Å². The molecule has 1 aliphatic rings. The highest BCUT2D eigenvalue weighted by Crippen LogP contribution is 2.15. The quantitative estimate of drug-likeness (QED) is 0.435. The third-order valence-electron chi connectivity index (χ3n) is 4.25. The van der Waals surface area contributed by atoms with Gasteiger partial charge in [-0.15, -0.1) is 11.3 Å². The molecule has 5 heteroatoms. The number of guanidine groups is 1. The molecular formula is C18H32N4S. The minimum absolute atomic E-state index is 0.763. The molecule has 1 aliphatic heterocycles. The van der Waals surface area contributed by atoms with Crippen molar-refractivity contribution in [2.24, 2.45) is 10.9 Å². The number of thiophene rings is 1. The summed E-state index contributed by atoms with van der Waals surface area (Å²) >= 11 is 1.76. The summed E-state index contributed by atoms with van der Waals surface area (Å²) in [6, 6.07) is 4.22. The molecule has 1 aromatic rings. The van der Waals surface area contributed by atoms with Crippen LogP contribution in [0.25, 0.3) is 0 Å². The number of hydrogen-bond donors (Lipinski definition) is 2. The Kier molecular flexibility index (Phi) is 8.47. The van der Waals surface area contributed by atoms with Crippen LogP contribution in [0.2, 0.25) is 0 Å². The van der Waals surface area contributed by atoms with Gasteiger partial charge in [0, 0.05) is 24.5 Å². The molecule has 2 N–H and O–H groups in total. The van der Waals surface area contributed by atoms with Gasteiger partial charge in [-0.2, -0.15) is 0 Å². The number of likely N-dealkylation sites (tertiary alicyclic amines) is 1. The Labute approximate surface area is 145 Å². The highest BCUT2D eigenvalue weighted by molar-refractivity contribution is 7.09. The second kappa shape index (κ2) is 10.7. The van der Waals surface area contributed by atoms with Gasteiger partial charge < -0.3 is 15.5 Å². The van der Waals surface area contributed by atoms with Gasteiger partial charge in [0.2, 0.25) is 0 Å². The predicted molar refractivity (Wildman–Crippen MR) is 101 cm³/mol. The fraction of sp³-hybridized carbons (Fsp3) is 0.722. The van der Waals surface area contributed by atoms with Crippen molar-refractivity contribution >= 4 is 17.3 Å². The minimum atomic E-state index is 0.763.